The van der Waals surface area contributed by atoms with Crippen molar-refractivity contribution >= 4 is 45.0 Å². The van der Waals surface area contributed by atoms with Crippen molar-refractivity contribution < 1.29 is 19.1 Å². The van der Waals surface area contributed by atoms with Gasteiger partial charge in [0.05, 0.1) is 40.1 Å². The van der Waals surface area contributed by atoms with Gasteiger partial charge in [0.15, 0.2) is 4.80 Å². The topological polar surface area (TPSA) is 69.9 Å². The van der Waals surface area contributed by atoms with E-state index < -0.39 is 11.9 Å². The standard InChI is InChI=1S/C20H19ClN2O4S/c1-3-27-11-10-23-16-9-8-13(19(25)26-2)12-17(16)28-20(23)22-18(24)14-6-4-5-7-15(14)21/h4-9,12H,3,10-11H2,1-2H3. The van der Waals surface area contributed by atoms with Crippen molar-refractivity contribution in [2.45, 2.75) is 13.5 Å². The van der Waals surface area contributed by atoms with Crippen LogP contribution >= 0.6 is 22.9 Å². The van der Waals surface area contributed by atoms with Gasteiger partial charge in [-0.3, -0.25) is 4.79 Å². The van der Waals surface area contributed by atoms with Gasteiger partial charge in [-0.25, -0.2) is 4.79 Å². The molecular formula is C20H19ClN2O4S. The highest BCUT2D eigenvalue weighted by molar-refractivity contribution is 7.16. The third kappa shape index (κ3) is 4.32. The second-order valence-electron chi connectivity index (χ2n) is 5.80. The Morgan fingerprint density at radius 1 is 1.21 bits per heavy atom. The lowest BCUT2D eigenvalue weighted by molar-refractivity contribution is 0.0600. The summed E-state index contributed by atoms with van der Waals surface area (Å²) in [6.45, 7) is 3.53. The Balaban J connectivity index is 2.10. The molecule has 0 spiro atoms. The van der Waals surface area contributed by atoms with Gasteiger partial charge < -0.3 is 14.0 Å². The molecule has 0 saturated heterocycles. The molecule has 28 heavy (non-hydrogen) atoms. The molecule has 0 bridgehead atoms. The van der Waals surface area contributed by atoms with Crippen LogP contribution in [0.2, 0.25) is 5.02 Å². The second kappa shape index (κ2) is 9.14. The summed E-state index contributed by atoms with van der Waals surface area (Å²) in [6, 6.07) is 12.0. The molecule has 0 N–H and O–H groups in total. The number of carbonyl (C=O) groups is 2. The van der Waals surface area contributed by atoms with Crippen molar-refractivity contribution in [2.24, 2.45) is 4.99 Å². The zero-order valence-electron chi connectivity index (χ0n) is 15.5. The highest BCUT2D eigenvalue weighted by Gasteiger charge is 2.13. The van der Waals surface area contributed by atoms with E-state index in [4.69, 9.17) is 21.1 Å². The van der Waals surface area contributed by atoms with Crippen LogP contribution in [0, 0.1) is 0 Å². The average Bonchev–Trinajstić information content (AvgIpc) is 3.04. The summed E-state index contributed by atoms with van der Waals surface area (Å²) in [5.74, 6) is -0.836. The number of hydrogen-bond donors (Lipinski definition) is 0. The molecule has 3 rings (SSSR count). The van der Waals surface area contributed by atoms with Crippen LogP contribution < -0.4 is 4.80 Å². The molecule has 3 aromatic rings. The maximum atomic E-state index is 12.7. The summed E-state index contributed by atoms with van der Waals surface area (Å²) < 4.78 is 13.0. The lowest BCUT2D eigenvalue weighted by atomic mass is 10.2. The van der Waals surface area contributed by atoms with Gasteiger partial charge in [0.1, 0.15) is 0 Å². The molecule has 8 heteroatoms. The number of nitrogens with zero attached hydrogens (tertiary/aromatic N) is 2. The SMILES string of the molecule is CCOCCn1c(=NC(=O)c2ccccc2Cl)sc2cc(C(=O)OC)ccc21. The van der Waals surface area contributed by atoms with Gasteiger partial charge in [-0.2, -0.15) is 4.99 Å². The zero-order chi connectivity index (χ0) is 20.1. The predicted octanol–water partition coefficient (Wildman–Crippen LogP) is 3.92. The first-order valence-electron chi connectivity index (χ1n) is 8.68. The third-order valence-electron chi connectivity index (χ3n) is 4.07. The van der Waals surface area contributed by atoms with Crippen LogP contribution in [0.15, 0.2) is 47.5 Å². The number of halogens is 1. The number of benzene rings is 2. The smallest absolute Gasteiger partial charge is 0.337 e. The van der Waals surface area contributed by atoms with Crippen LogP contribution in [0.3, 0.4) is 0 Å². The first-order valence-corrected chi connectivity index (χ1v) is 9.87. The minimum Gasteiger partial charge on any atom is -0.465 e. The minimum absolute atomic E-state index is 0.341. The summed E-state index contributed by atoms with van der Waals surface area (Å²) in [5.41, 5.74) is 1.65. The Morgan fingerprint density at radius 2 is 2.00 bits per heavy atom. The van der Waals surface area contributed by atoms with Crippen LogP contribution in [0.1, 0.15) is 27.6 Å². The number of ether oxygens (including phenoxy) is 2. The molecule has 2 aromatic carbocycles. The van der Waals surface area contributed by atoms with Crippen LogP contribution in [0.25, 0.3) is 10.2 Å². The fourth-order valence-corrected chi connectivity index (χ4v) is 4.01. The number of hydrogen-bond acceptors (Lipinski definition) is 5. The van der Waals surface area contributed by atoms with E-state index in [0.717, 1.165) is 10.2 Å². The third-order valence-corrected chi connectivity index (χ3v) is 5.44. The fraction of sp³-hybridized carbons (Fsp3) is 0.250. The molecule has 0 unspecified atom stereocenters. The van der Waals surface area contributed by atoms with Crippen molar-refractivity contribution in [2.75, 3.05) is 20.3 Å². The van der Waals surface area contributed by atoms with E-state index in [2.05, 4.69) is 4.99 Å². The monoisotopic (exact) mass is 418 g/mol. The predicted molar refractivity (Wildman–Crippen MR) is 109 cm³/mol. The highest BCUT2D eigenvalue weighted by Crippen LogP contribution is 2.21. The maximum absolute atomic E-state index is 12.7. The van der Waals surface area contributed by atoms with Crippen molar-refractivity contribution in [3.05, 3.63) is 63.4 Å². The minimum atomic E-state index is -0.421. The molecule has 0 aliphatic rings. The molecule has 146 valence electrons. The van der Waals surface area contributed by atoms with E-state index in [9.17, 15) is 9.59 Å². The van der Waals surface area contributed by atoms with E-state index in [0.29, 0.717) is 40.7 Å². The Bertz CT molecular complexity index is 1090. The summed E-state index contributed by atoms with van der Waals surface area (Å²) in [5, 5.41) is 0.353. The highest BCUT2D eigenvalue weighted by atomic mass is 35.5. The molecular weight excluding hydrogens is 400 g/mol. The molecule has 0 saturated carbocycles. The number of rotatable bonds is 6. The molecule has 0 aliphatic heterocycles. The molecule has 0 aliphatic carbocycles. The van der Waals surface area contributed by atoms with Gasteiger partial charge >= 0.3 is 5.97 Å². The molecule has 0 radical (unpaired) electrons. The van der Waals surface area contributed by atoms with Crippen LogP contribution in [-0.2, 0) is 16.0 Å². The first-order chi connectivity index (χ1) is 13.5. The Kier molecular flexibility index (Phi) is 6.61. The van der Waals surface area contributed by atoms with E-state index >= 15 is 0 Å². The van der Waals surface area contributed by atoms with E-state index in [1.54, 1.807) is 36.4 Å². The Morgan fingerprint density at radius 3 is 2.71 bits per heavy atom. The van der Waals surface area contributed by atoms with Crippen molar-refractivity contribution in [1.82, 2.24) is 4.57 Å². The summed E-state index contributed by atoms with van der Waals surface area (Å²) in [7, 11) is 1.34. The summed E-state index contributed by atoms with van der Waals surface area (Å²) in [4.78, 5) is 29.3. The molecule has 6 nitrogen and oxygen atoms in total. The number of methoxy groups -OCH3 is 1. The van der Waals surface area contributed by atoms with Crippen molar-refractivity contribution in [1.29, 1.82) is 0 Å². The summed E-state index contributed by atoms with van der Waals surface area (Å²) >= 11 is 7.44. The fourth-order valence-electron chi connectivity index (χ4n) is 2.70. The van der Waals surface area contributed by atoms with E-state index in [-0.39, 0.29) is 0 Å². The molecule has 1 amide bonds. The lowest BCUT2D eigenvalue weighted by Gasteiger charge is -2.06. The zero-order valence-corrected chi connectivity index (χ0v) is 17.0. The summed E-state index contributed by atoms with van der Waals surface area (Å²) in [6.07, 6.45) is 0. The van der Waals surface area contributed by atoms with E-state index in [1.165, 1.54) is 18.4 Å². The maximum Gasteiger partial charge on any atom is 0.337 e. The molecule has 0 fully saturated rings. The van der Waals surface area contributed by atoms with Crippen LogP contribution in [0.5, 0.6) is 0 Å². The van der Waals surface area contributed by atoms with Crippen molar-refractivity contribution in [3.8, 4) is 0 Å². The number of aromatic nitrogens is 1. The Labute approximate surface area is 171 Å². The van der Waals surface area contributed by atoms with Gasteiger partial charge in [0, 0.05) is 13.2 Å². The number of carbonyl (C=O) groups excluding carboxylic acids is 2. The number of amides is 1. The van der Waals surface area contributed by atoms with Gasteiger partial charge in [-0.1, -0.05) is 35.1 Å². The number of fused-ring (bicyclic) bond motifs is 1. The number of thiazole rings is 1. The molecule has 1 heterocycles. The molecule has 0 atom stereocenters. The average molecular weight is 419 g/mol. The lowest BCUT2D eigenvalue weighted by Crippen LogP contribution is -2.19. The van der Waals surface area contributed by atoms with Gasteiger partial charge in [-0.05, 0) is 37.3 Å². The molecule has 1 aromatic heterocycles. The normalized spacial score (nSPS) is 11.8. The van der Waals surface area contributed by atoms with Gasteiger partial charge in [0.25, 0.3) is 5.91 Å². The Hall–Kier alpha value is -2.48. The quantitative estimate of drug-likeness (QED) is 0.449. The van der Waals surface area contributed by atoms with Gasteiger partial charge in [0.2, 0.25) is 0 Å². The van der Waals surface area contributed by atoms with Crippen LogP contribution in [0.4, 0.5) is 0 Å². The number of esters is 1. The second-order valence-corrected chi connectivity index (χ2v) is 7.22. The van der Waals surface area contributed by atoms with Crippen LogP contribution in [-0.4, -0.2) is 36.8 Å². The van der Waals surface area contributed by atoms with E-state index in [1.807, 2.05) is 17.6 Å². The van der Waals surface area contributed by atoms with Gasteiger partial charge in [-0.15, -0.1) is 0 Å². The first kappa shape index (κ1) is 20.3. The largest absolute Gasteiger partial charge is 0.465 e. The van der Waals surface area contributed by atoms with Crippen molar-refractivity contribution in [3.63, 3.8) is 0 Å².